The second-order valence-electron chi connectivity index (χ2n) is 6.18. The van der Waals surface area contributed by atoms with E-state index < -0.39 is 0 Å². The molecule has 1 heterocycles. The largest absolute Gasteiger partial charge is 0.396 e. The number of likely N-dealkylation sites (N-methyl/N-ethyl adjacent to an activating group) is 1. The van der Waals surface area contributed by atoms with E-state index in [4.69, 9.17) is 5.11 Å². The predicted octanol–water partition coefficient (Wildman–Crippen LogP) is 0.946. The Bertz CT molecular complexity index is 273. The molecule has 1 fully saturated rings. The minimum atomic E-state index is -0.185. The van der Waals surface area contributed by atoms with Gasteiger partial charge in [-0.1, -0.05) is 6.92 Å². The number of nitrogens with zero attached hydrogens (tertiary/aromatic N) is 2. The number of rotatable bonds is 2. The van der Waals surface area contributed by atoms with Gasteiger partial charge in [-0.25, -0.2) is 0 Å². The van der Waals surface area contributed by atoms with Crippen molar-refractivity contribution in [2.45, 2.75) is 45.7 Å². The Kier molecular flexibility index (Phi) is 4.55. The molecule has 1 amide bonds. The Hall–Kier alpha value is -0.610. The summed E-state index contributed by atoms with van der Waals surface area (Å²) in [6.45, 7) is 10.3. The zero-order valence-electron chi connectivity index (χ0n) is 11.7. The molecule has 0 aliphatic carbocycles. The maximum atomic E-state index is 12.3. The molecule has 1 aliphatic heterocycles. The van der Waals surface area contributed by atoms with Gasteiger partial charge in [-0.15, -0.1) is 0 Å². The molecule has 2 unspecified atom stereocenters. The van der Waals surface area contributed by atoms with Crippen molar-refractivity contribution in [2.24, 2.45) is 5.92 Å². The number of aliphatic hydroxyl groups is 1. The number of hydrogen-bond donors (Lipinski definition) is 1. The van der Waals surface area contributed by atoms with Crippen LogP contribution in [0.3, 0.4) is 0 Å². The van der Waals surface area contributed by atoms with Crippen LogP contribution in [0.4, 0.5) is 0 Å². The van der Waals surface area contributed by atoms with E-state index in [1.165, 1.54) is 0 Å². The molecule has 1 saturated heterocycles. The molecular formula is C13H26N2O2. The molecule has 1 rings (SSSR count). The summed E-state index contributed by atoms with van der Waals surface area (Å²) in [6.07, 6.45) is 0.521. The lowest BCUT2D eigenvalue weighted by Crippen LogP contribution is -2.53. The summed E-state index contributed by atoms with van der Waals surface area (Å²) in [4.78, 5) is 16.3. The summed E-state index contributed by atoms with van der Waals surface area (Å²) in [5.41, 5.74) is -0.0467. The maximum absolute atomic E-state index is 12.3. The first kappa shape index (κ1) is 14.5. The molecule has 2 atom stereocenters. The van der Waals surface area contributed by atoms with Gasteiger partial charge in [0.25, 0.3) is 0 Å². The Balaban J connectivity index is 3.00. The normalized spacial score (nSPS) is 28.4. The van der Waals surface area contributed by atoms with Crippen molar-refractivity contribution in [3.05, 3.63) is 0 Å². The highest BCUT2D eigenvalue weighted by molar-refractivity contribution is 5.82. The van der Waals surface area contributed by atoms with Crippen LogP contribution >= 0.6 is 0 Å². The van der Waals surface area contributed by atoms with Gasteiger partial charge < -0.3 is 10.0 Å². The average Bonchev–Trinajstić information content (AvgIpc) is 2.29. The van der Waals surface area contributed by atoms with Gasteiger partial charge in [0.1, 0.15) is 0 Å². The molecule has 0 saturated carbocycles. The zero-order chi connectivity index (χ0) is 13.2. The Morgan fingerprint density at radius 3 is 2.41 bits per heavy atom. The molecule has 0 radical (unpaired) electrons. The Morgan fingerprint density at radius 2 is 1.94 bits per heavy atom. The fourth-order valence-electron chi connectivity index (χ4n) is 2.61. The quantitative estimate of drug-likeness (QED) is 0.784. The van der Waals surface area contributed by atoms with E-state index >= 15 is 0 Å². The fourth-order valence-corrected chi connectivity index (χ4v) is 2.61. The molecule has 4 nitrogen and oxygen atoms in total. The lowest BCUT2D eigenvalue weighted by molar-refractivity contribution is -0.136. The maximum Gasteiger partial charge on any atom is 0.239 e. The first-order valence-corrected chi connectivity index (χ1v) is 6.40. The van der Waals surface area contributed by atoms with E-state index in [9.17, 15) is 4.79 Å². The molecule has 0 aromatic rings. The molecule has 1 aliphatic rings. The van der Waals surface area contributed by atoms with Crippen LogP contribution in [0.5, 0.6) is 0 Å². The van der Waals surface area contributed by atoms with E-state index in [0.29, 0.717) is 12.3 Å². The zero-order valence-corrected chi connectivity index (χ0v) is 11.7. The molecule has 0 spiro atoms. The van der Waals surface area contributed by atoms with Crippen LogP contribution in [0, 0.1) is 5.92 Å². The van der Waals surface area contributed by atoms with Crippen molar-refractivity contribution >= 4 is 5.91 Å². The van der Waals surface area contributed by atoms with Gasteiger partial charge >= 0.3 is 0 Å². The average molecular weight is 242 g/mol. The van der Waals surface area contributed by atoms with Gasteiger partial charge in [0.05, 0.1) is 6.04 Å². The lowest BCUT2D eigenvalue weighted by Gasteiger charge is -2.40. The molecule has 100 valence electrons. The molecular weight excluding hydrogens is 216 g/mol. The van der Waals surface area contributed by atoms with Gasteiger partial charge in [-0.3, -0.25) is 9.69 Å². The minimum absolute atomic E-state index is 0.0467. The van der Waals surface area contributed by atoms with Crippen LogP contribution in [-0.2, 0) is 4.79 Å². The van der Waals surface area contributed by atoms with E-state index in [1.807, 2.05) is 7.05 Å². The van der Waals surface area contributed by atoms with E-state index in [1.54, 1.807) is 4.90 Å². The lowest BCUT2D eigenvalue weighted by atomic mass is 9.99. The first-order chi connectivity index (χ1) is 7.77. The van der Waals surface area contributed by atoms with Crippen molar-refractivity contribution in [3.63, 3.8) is 0 Å². The fraction of sp³-hybridized carbons (Fsp3) is 0.923. The van der Waals surface area contributed by atoms with Gasteiger partial charge in [0, 0.05) is 32.3 Å². The van der Waals surface area contributed by atoms with Crippen molar-refractivity contribution in [1.29, 1.82) is 0 Å². The van der Waals surface area contributed by atoms with Crippen LogP contribution in [0.25, 0.3) is 0 Å². The third-order valence-electron chi connectivity index (χ3n) is 3.40. The second kappa shape index (κ2) is 5.36. The van der Waals surface area contributed by atoms with E-state index in [-0.39, 0.29) is 24.1 Å². The smallest absolute Gasteiger partial charge is 0.239 e. The monoisotopic (exact) mass is 242 g/mol. The van der Waals surface area contributed by atoms with Crippen molar-refractivity contribution in [2.75, 3.05) is 26.7 Å². The molecule has 1 N–H and O–H groups in total. The summed E-state index contributed by atoms with van der Waals surface area (Å²) in [5.74, 6) is 0.602. The molecule has 0 aromatic carbocycles. The van der Waals surface area contributed by atoms with Crippen LogP contribution < -0.4 is 0 Å². The minimum Gasteiger partial charge on any atom is -0.396 e. The van der Waals surface area contributed by atoms with Gasteiger partial charge in [-0.05, 0) is 33.1 Å². The molecule has 4 heteroatoms. The number of hydrogen-bond acceptors (Lipinski definition) is 3. The predicted molar refractivity (Wildman–Crippen MR) is 68.8 cm³/mol. The van der Waals surface area contributed by atoms with Gasteiger partial charge in [0.15, 0.2) is 0 Å². The van der Waals surface area contributed by atoms with Gasteiger partial charge in [0.2, 0.25) is 5.91 Å². The summed E-state index contributed by atoms with van der Waals surface area (Å²) in [7, 11) is 1.86. The highest BCUT2D eigenvalue weighted by Gasteiger charge is 2.38. The Labute approximate surface area is 105 Å². The number of aliphatic hydroxyl groups excluding tert-OH is 1. The van der Waals surface area contributed by atoms with Crippen LogP contribution in [0.15, 0.2) is 0 Å². The highest BCUT2D eigenvalue weighted by atomic mass is 16.3. The summed E-state index contributed by atoms with van der Waals surface area (Å²) >= 11 is 0. The van der Waals surface area contributed by atoms with Crippen LogP contribution in [0.2, 0.25) is 0 Å². The number of carbonyl (C=O) groups is 1. The van der Waals surface area contributed by atoms with Crippen molar-refractivity contribution in [3.8, 4) is 0 Å². The van der Waals surface area contributed by atoms with Crippen LogP contribution in [-0.4, -0.2) is 59.1 Å². The highest BCUT2D eigenvalue weighted by Crippen LogP contribution is 2.25. The topological polar surface area (TPSA) is 43.8 Å². The molecule has 0 bridgehead atoms. The SMILES string of the molecule is CC1CN(C)C(=O)C(CCO)N(C(C)(C)C)C1. The van der Waals surface area contributed by atoms with Gasteiger partial charge in [-0.2, -0.15) is 0 Å². The second-order valence-corrected chi connectivity index (χ2v) is 6.18. The summed E-state index contributed by atoms with van der Waals surface area (Å²) < 4.78 is 0. The first-order valence-electron chi connectivity index (χ1n) is 6.40. The summed E-state index contributed by atoms with van der Waals surface area (Å²) in [6, 6.07) is -0.185. The van der Waals surface area contributed by atoms with Crippen LogP contribution in [0.1, 0.15) is 34.1 Å². The van der Waals surface area contributed by atoms with E-state index in [2.05, 4.69) is 32.6 Å². The van der Waals surface area contributed by atoms with E-state index in [0.717, 1.165) is 13.1 Å². The summed E-state index contributed by atoms with van der Waals surface area (Å²) in [5, 5.41) is 9.17. The number of amides is 1. The third-order valence-corrected chi connectivity index (χ3v) is 3.40. The number of carbonyl (C=O) groups excluding carboxylic acids is 1. The standard InChI is InChI=1S/C13H26N2O2/c1-10-8-14(5)12(17)11(6-7-16)15(9-10)13(2,3)4/h10-11,16H,6-9H2,1-5H3. The van der Waals surface area contributed by atoms with Crippen molar-refractivity contribution < 1.29 is 9.90 Å². The Morgan fingerprint density at radius 1 is 1.35 bits per heavy atom. The molecule has 0 aromatic heterocycles. The molecule has 17 heavy (non-hydrogen) atoms. The third kappa shape index (κ3) is 3.42. The van der Waals surface area contributed by atoms with Crippen molar-refractivity contribution in [1.82, 2.24) is 9.80 Å².